The molecule has 92 valence electrons. The minimum atomic E-state index is -1.42. The van der Waals surface area contributed by atoms with E-state index in [9.17, 15) is 0 Å². The van der Waals surface area contributed by atoms with E-state index in [4.69, 9.17) is 0 Å². The second-order valence-corrected chi connectivity index (χ2v) is 10.1. The zero-order valence-corrected chi connectivity index (χ0v) is 12.6. The van der Waals surface area contributed by atoms with E-state index in [2.05, 4.69) is 69.1 Å². The third-order valence-corrected chi connectivity index (χ3v) is 7.71. The molecule has 1 unspecified atom stereocenters. The highest BCUT2D eigenvalue weighted by Gasteiger charge is 2.28. The number of rotatable bonds is 4. The van der Waals surface area contributed by atoms with Crippen molar-refractivity contribution in [2.45, 2.75) is 51.7 Å². The summed E-state index contributed by atoms with van der Waals surface area (Å²) in [6, 6.07) is 10.9. The summed E-state index contributed by atoms with van der Waals surface area (Å²) in [5.74, 6) is 6.81. The zero-order valence-electron chi connectivity index (χ0n) is 11.6. The van der Waals surface area contributed by atoms with Crippen LogP contribution in [0, 0.1) is 11.8 Å². The molecule has 0 nitrogen and oxygen atoms in total. The summed E-state index contributed by atoms with van der Waals surface area (Å²) >= 11 is 0. The lowest BCUT2D eigenvalue weighted by atomic mass is 10.2. The van der Waals surface area contributed by atoms with Crippen molar-refractivity contribution in [3.63, 3.8) is 0 Å². The molecule has 0 aliphatic rings. The third kappa shape index (κ3) is 4.05. The highest BCUT2D eigenvalue weighted by molar-refractivity contribution is 6.91. The molecule has 0 heterocycles. The van der Waals surface area contributed by atoms with Crippen LogP contribution in [0.1, 0.15) is 33.1 Å². The first kappa shape index (κ1) is 14.1. The zero-order chi connectivity index (χ0) is 12.7. The van der Waals surface area contributed by atoms with Crippen LogP contribution in [0.3, 0.4) is 0 Å². The first-order valence-electron chi connectivity index (χ1n) is 6.63. The average Bonchev–Trinajstić information content (AvgIpc) is 2.35. The molecule has 0 fully saturated rings. The van der Waals surface area contributed by atoms with E-state index in [1.807, 2.05) is 0 Å². The van der Waals surface area contributed by atoms with Crippen LogP contribution in [0.15, 0.2) is 30.3 Å². The average molecular weight is 244 g/mol. The van der Waals surface area contributed by atoms with Crippen molar-refractivity contribution in [2.75, 3.05) is 0 Å². The van der Waals surface area contributed by atoms with Crippen LogP contribution in [0.5, 0.6) is 0 Å². The van der Waals surface area contributed by atoms with E-state index in [1.54, 1.807) is 0 Å². The van der Waals surface area contributed by atoms with Crippen molar-refractivity contribution in [3.05, 3.63) is 30.3 Å². The lowest BCUT2D eigenvalue weighted by molar-refractivity contribution is 0.827. The highest BCUT2D eigenvalue weighted by Crippen LogP contribution is 2.20. The van der Waals surface area contributed by atoms with Crippen LogP contribution in [0.25, 0.3) is 0 Å². The lowest BCUT2D eigenvalue weighted by Gasteiger charge is -2.26. The highest BCUT2D eigenvalue weighted by atomic mass is 28.3. The van der Waals surface area contributed by atoms with Crippen molar-refractivity contribution < 1.29 is 0 Å². The summed E-state index contributed by atoms with van der Waals surface area (Å²) < 4.78 is 0. The summed E-state index contributed by atoms with van der Waals surface area (Å²) in [6.07, 6.45) is 3.52. The molecule has 1 rings (SSSR count). The Morgan fingerprint density at radius 2 is 1.82 bits per heavy atom. The number of benzene rings is 1. The van der Waals surface area contributed by atoms with Crippen molar-refractivity contribution in [2.24, 2.45) is 0 Å². The van der Waals surface area contributed by atoms with Gasteiger partial charge in [0.05, 0.1) is 8.07 Å². The second kappa shape index (κ2) is 6.66. The van der Waals surface area contributed by atoms with Crippen molar-refractivity contribution in [1.29, 1.82) is 0 Å². The van der Waals surface area contributed by atoms with Crippen LogP contribution in [-0.4, -0.2) is 8.07 Å². The Hall–Kier alpha value is -1.00. The fourth-order valence-corrected chi connectivity index (χ4v) is 3.80. The third-order valence-electron chi connectivity index (χ3n) is 3.57. The minimum Gasteiger partial charge on any atom is -0.103 e. The van der Waals surface area contributed by atoms with Gasteiger partial charge in [-0.25, -0.2) is 0 Å². The summed E-state index contributed by atoms with van der Waals surface area (Å²) in [6.45, 7) is 9.34. The predicted molar refractivity (Wildman–Crippen MR) is 80.3 cm³/mol. The molecule has 0 N–H and O–H groups in total. The second-order valence-electron chi connectivity index (χ2n) is 5.23. The molecule has 0 bridgehead atoms. The van der Waals surface area contributed by atoms with Crippen molar-refractivity contribution >= 4 is 13.3 Å². The maximum atomic E-state index is 3.47. The van der Waals surface area contributed by atoms with E-state index in [1.165, 1.54) is 18.0 Å². The SMILES string of the molecule is CCCCC#CC(C)[Si](C)(C)c1ccccc1. The van der Waals surface area contributed by atoms with E-state index >= 15 is 0 Å². The van der Waals surface area contributed by atoms with Gasteiger partial charge in [0.2, 0.25) is 0 Å². The van der Waals surface area contributed by atoms with Gasteiger partial charge in [-0.1, -0.05) is 68.9 Å². The fraction of sp³-hybridized carbons (Fsp3) is 0.500. The molecule has 0 saturated carbocycles. The van der Waals surface area contributed by atoms with Gasteiger partial charge in [0.1, 0.15) is 0 Å². The van der Waals surface area contributed by atoms with Gasteiger partial charge >= 0.3 is 0 Å². The molecular formula is C16H24Si. The van der Waals surface area contributed by atoms with Gasteiger partial charge in [-0.3, -0.25) is 0 Å². The van der Waals surface area contributed by atoms with E-state index in [-0.39, 0.29) is 0 Å². The standard InChI is InChI=1S/C16H24Si/c1-5-6-7-9-12-15(2)17(3,4)16-13-10-8-11-14-16/h8,10-11,13-15H,5-7H2,1-4H3. The Balaban J connectivity index is 2.72. The molecule has 1 atom stereocenters. The van der Waals surface area contributed by atoms with Crippen LogP contribution in [0.2, 0.25) is 18.6 Å². The van der Waals surface area contributed by atoms with Crippen LogP contribution in [-0.2, 0) is 0 Å². The fourth-order valence-electron chi connectivity index (χ4n) is 1.79. The topological polar surface area (TPSA) is 0 Å². The maximum absolute atomic E-state index is 3.47. The van der Waals surface area contributed by atoms with Crippen LogP contribution < -0.4 is 5.19 Å². The molecule has 1 aromatic rings. The molecule has 0 spiro atoms. The molecule has 0 radical (unpaired) electrons. The number of hydrogen-bond acceptors (Lipinski definition) is 0. The largest absolute Gasteiger partial charge is 0.103 e. The summed E-state index contributed by atoms with van der Waals surface area (Å²) in [4.78, 5) is 0. The Morgan fingerprint density at radius 1 is 1.18 bits per heavy atom. The molecule has 0 amide bonds. The van der Waals surface area contributed by atoms with Gasteiger partial charge < -0.3 is 0 Å². The van der Waals surface area contributed by atoms with Crippen LogP contribution in [0.4, 0.5) is 0 Å². The smallest absolute Gasteiger partial charge is 0.0958 e. The molecular weight excluding hydrogens is 220 g/mol. The molecule has 0 aromatic heterocycles. The van der Waals surface area contributed by atoms with Crippen LogP contribution >= 0.6 is 0 Å². The van der Waals surface area contributed by atoms with Crippen molar-refractivity contribution in [1.82, 2.24) is 0 Å². The van der Waals surface area contributed by atoms with Gasteiger partial charge in [-0.2, -0.15) is 0 Å². The molecule has 17 heavy (non-hydrogen) atoms. The maximum Gasteiger partial charge on any atom is 0.0958 e. The quantitative estimate of drug-likeness (QED) is 0.423. The molecule has 0 aliphatic heterocycles. The number of hydrogen-bond donors (Lipinski definition) is 0. The lowest BCUT2D eigenvalue weighted by Crippen LogP contribution is -2.44. The van der Waals surface area contributed by atoms with Crippen molar-refractivity contribution in [3.8, 4) is 11.8 Å². The Labute approximate surface area is 107 Å². The van der Waals surface area contributed by atoms with Gasteiger partial charge in [-0.15, -0.1) is 11.8 Å². The van der Waals surface area contributed by atoms with E-state index < -0.39 is 8.07 Å². The van der Waals surface area contributed by atoms with E-state index in [0.29, 0.717) is 5.54 Å². The van der Waals surface area contributed by atoms with Gasteiger partial charge in [0.25, 0.3) is 0 Å². The summed E-state index contributed by atoms with van der Waals surface area (Å²) in [5.41, 5.74) is 0.529. The minimum absolute atomic E-state index is 0.529. The predicted octanol–water partition coefficient (Wildman–Crippen LogP) is 4.19. The Morgan fingerprint density at radius 3 is 2.41 bits per heavy atom. The Kier molecular flexibility index (Phi) is 5.51. The summed E-state index contributed by atoms with van der Waals surface area (Å²) in [5, 5.41) is 1.51. The normalized spacial score (nSPS) is 12.7. The monoisotopic (exact) mass is 244 g/mol. The van der Waals surface area contributed by atoms with Gasteiger partial charge in [0.15, 0.2) is 0 Å². The Bertz CT molecular complexity index is 381. The molecule has 0 aliphatic carbocycles. The number of unbranched alkanes of at least 4 members (excludes halogenated alkanes) is 2. The van der Waals surface area contributed by atoms with Gasteiger partial charge in [-0.05, 0) is 6.42 Å². The molecule has 0 saturated heterocycles. The van der Waals surface area contributed by atoms with Gasteiger partial charge in [0, 0.05) is 12.0 Å². The first-order valence-corrected chi connectivity index (χ1v) is 9.70. The molecule has 1 aromatic carbocycles. The first-order chi connectivity index (χ1) is 8.09. The molecule has 1 heteroatoms. The van der Waals surface area contributed by atoms with E-state index in [0.717, 1.165) is 6.42 Å². The summed E-state index contributed by atoms with van der Waals surface area (Å²) in [7, 11) is -1.42.